The van der Waals surface area contributed by atoms with E-state index in [0.717, 1.165) is 23.1 Å². The van der Waals surface area contributed by atoms with Crippen molar-refractivity contribution < 1.29 is 4.79 Å². The molecule has 1 heterocycles. The van der Waals surface area contributed by atoms with E-state index >= 15 is 0 Å². The molecule has 1 aliphatic rings. The number of pyridine rings is 1. The van der Waals surface area contributed by atoms with E-state index in [4.69, 9.17) is 0 Å². The first-order chi connectivity index (χ1) is 13.8. The summed E-state index contributed by atoms with van der Waals surface area (Å²) in [7, 11) is 0. The van der Waals surface area contributed by atoms with Gasteiger partial charge < -0.3 is 10.6 Å². The third-order valence-corrected chi connectivity index (χ3v) is 5.58. The van der Waals surface area contributed by atoms with Gasteiger partial charge in [-0.25, -0.2) is 0 Å². The van der Waals surface area contributed by atoms with Crippen molar-refractivity contribution in [2.24, 2.45) is 5.92 Å². The Morgan fingerprint density at radius 3 is 2.57 bits per heavy atom. The minimum absolute atomic E-state index is 0.110. The number of aromatic nitrogens is 1. The summed E-state index contributed by atoms with van der Waals surface area (Å²) in [6.07, 6.45) is 9.63. The van der Waals surface area contributed by atoms with Gasteiger partial charge in [0, 0.05) is 17.6 Å². The van der Waals surface area contributed by atoms with Crippen LogP contribution in [0.15, 0.2) is 60.8 Å². The van der Waals surface area contributed by atoms with E-state index in [0.29, 0.717) is 17.2 Å². The topological polar surface area (TPSA) is 54.0 Å². The van der Waals surface area contributed by atoms with Crippen molar-refractivity contribution in [3.63, 3.8) is 0 Å². The molecule has 28 heavy (non-hydrogen) atoms. The summed E-state index contributed by atoms with van der Waals surface area (Å²) in [5.41, 5.74) is 3.20. The molecule has 0 aliphatic heterocycles. The second kappa shape index (κ2) is 8.87. The van der Waals surface area contributed by atoms with Gasteiger partial charge >= 0.3 is 0 Å². The number of hydrogen-bond donors (Lipinski definition) is 2. The van der Waals surface area contributed by atoms with E-state index in [-0.39, 0.29) is 5.91 Å². The summed E-state index contributed by atoms with van der Waals surface area (Å²) in [6, 6.07) is 17.6. The van der Waals surface area contributed by atoms with Crippen LogP contribution in [-0.2, 0) is 0 Å². The highest BCUT2D eigenvalue weighted by Crippen LogP contribution is 2.25. The summed E-state index contributed by atoms with van der Waals surface area (Å²) in [4.78, 5) is 17.3. The number of carbonyl (C=O) groups is 1. The third-order valence-electron chi connectivity index (χ3n) is 5.58. The monoisotopic (exact) mass is 373 g/mol. The smallest absolute Gasteiger partial charge is 0.257 e. The van der Waals surface area contributed by atoms with E-state index in [1.165, 1.54) is 38.5 Å². The molecule has 4 nitrogen and oxygen atoms in total. The molecule has 2 aromatic carbocycles. The molecule has 1 aromatic heterocycles. The minimum Gasteiger partial charge on any atom is -0.384 e. The molecule has 144 valence electrons. The minimum atomic E-state index is -0.110. The van der Waals surface area contributed by atoms with Crippen molar-refractivity contribution in [1.29, 1.82) is 0 Å². The number of anilines is 2. The summed E-state index contributed by atoms with van der Waals surface area (Å²) in [5, 5.41) is 7.54. The fraction of sp³-hybridized carbons (Fsp3) is 0.333. The number of carbonyl (C=O) groups excluding carboxylic acids is 1. The quantitative estimate of drug-likeness (QED) is 0.550. The van der Waals surface area contributed by atoms with Gasteiger partial charge in [0.25, 0.3) is 5.91 Å². The number of fused-ring (bicyclic) bond motifs is 1. The molecule has 3 aromatic rings. The van der Waals surface area contributed by atoms with E-state index in [1.54, 1.807) is 6.20 Å². The number of nitrogens with one attached hydrogen (secondary N) is 2. The Morgan fingerprint density at radius 1 is 0.964 bits per heavy atom. The van der Waals surface area contributed by atoms with Crippen LogP contribution >= 0.6 is 0 Å². The highest BCUT2D eigenvalue weighted by molar-refractivity contribution is 6.08. The molecule has 0 atom stereocenters. The van der Waals surface area contributed by atoms with Crippen LogP contribution in [0.1, 0.15) is 48.9 Å². The van der Waals surface area contributed by atoms with E-state index in [2.05, 4.69) is 15.6 Å². The predicted molar refractivity (Wildman–Crippen MR) is 116 cm³/mol. The van der Waals surface area contributed by atoms with Gasteiger partial charge in [0.2, 0.25) is 0 Å². The highest BCUT2D eigenvalue weighted by atomic mass is 16.1. The molecule has 1 amide bonds. The number of amides is 1. The molecule has 0 saturated heterocycles. The van der Waals surface area contributed by atoms with Crippen LogP contribution in [0, 0.1) is 5.92 Å². The van der Waals surface area contributed by atoms with E-state index in [1.807, 2.05) is 54.6 Å². The number of benzene rings is 2. The number of para-hydroxylation sites is 2. The predicted octanol–water partition coefficient (Wildman–Crippen LogP) is 5.87. The van der Waals surface area contributed by atoms with Crippen LogP contribution < -0.4 is 10.6 Å². The highest BCUT2D eigenvalue weighted by Gasteiger charge is 2.15. The Morgan fingerprint density at radius 2 is 1.71 bits per heavy atom. The van der Waals surface area contributed by atoms with Gasteiger partial charge in [0.05, 0.1) is 23.0 Å². The van der Waals surface area contributed by atoms with Crippen LogP contribution in [0.5, 0.6) is 0 Å². The van der Waals surface area contributed by atoms with E-state index in [9.17, 15) is 4.79 Å². The Labute approximate surface area is 166 Å². The van der Waals surface area contributed by atoms with Gasteiger partial charge in [0.1, 0.15) is 0 Å². The fourth-order valence-corrected chi connectivity index (χ4v) is 4.00. The number of hydrogen-bond acceptors (Lipinski definition) is 3. The van der Waals surface area contributed by atoms with Crippen molar-refractivity contribution in [2.75, 3.05) is 17.2 Å². The second-order valence-corrected chi connectivity index (χ2v) is 7.65. The number of rotatable bonds is 5. The summed E-state index contributed by atoms with van der Waals surface area (Å²) >= 11 is 0. The molecule has 1 saturated carbocycles. The molecule has 1 fully saturated rings. The summed E-state index contributed by atoms with van der Waals surface area (Å²) < 4.78 is 0. The van der Waals surface area contributed by atoms with Crippen molar-refractivity contribution in [2.45, 2.75) is 38.5 Å². The zero-order valence-electron chi connectivity index (χ0n) is 16.2. The molecule has 2 N–H and O–H groups in total. The first-order valence-electron chi connectivity index (χ1n) is 10.3. The average Bonchev–Trinajstić information content (AvgIpc) is 3.01. The Balaban J connectivity index is 1.46. The lowest BCUT2D eigenvalue weighted by molar-refractivity contribution is 0.102. The Hall–Kier alpha value is -2.88. The maximum absolute atomic E-state index is 12.9. The van der Waals surface area contributed by atoms with Gasteiger partial charge in [-0.05, 0) is 43.0 Å². The van der Waals surface area contributed by atoms with Crippen LogP contribution in [0.4, 0.5) is 11.4 Å². The SMILES string of the molecule is O=C(Nc1cnc2ccccc2c1)c1ccccc1NCC1CCCCCC1. The summed E-state index contributed by atoms with van der Waals surface area (Å²) in [5.74, 6) is 0.587. The Kier molecular flexibility index (Phi) is 5.86. The zero-order valence-corrected chi connectivity index (χ0v) is 16.2. The summed E-state index contributed by atoms with van der Waals surface area (Å²) in [6.45, 7) is 0.932. The average molecular weight is 374 g/mol. The van der Waals surface area contributed by atoms with Gasteiger partial charge in [-0.3, -0.25) is 9.78 Å². The molecular formula is C24H27N3O. The van der Waals surface area contributed by atoms with Gasteiger partial charge in [-0.15, -0.1) is 0 Å². The molecule has 0 bridgehead atoms. The zero-order chi connectivity index (χ0) is 19.2. The normalized spacial score (nSPS) is 15.1. The third kappa shape index (κ3) is 4.50. The van der Waals surface area contributed by atoms with Gasteiger partial charge in [-0.2, -0.15) is 0 Å². The molecule has 4 rings (SSSR count). The maximum Gasteiger partial charge on any atom is 0.257 e. The molecule has 1 aliphatic carbocycles. The van der Waals surface area contributed by atoms with Gasteiger partial charge in [0.15, 0.2) is 0 Å². The molecule has 0 unspecified atom stereocenters. The Bertz CT molecular complexity index is 945. The van der Waals surface area contributed by atoms with Crippen LogP contribution in [0.2, 0.25) is 0 Å². The second-order valence-electron chi connectivity index (χ2n) is 7.65. The fourth-order valence-electron chi connectivity index (χ4n) is 4.00. The first kappa shape index (κ1) is 18.5. The molecular weight excluding hydrogens is 346 g/mol. The first-order valence-corrected chi connectivity index (χ1v) is 10.3. The molecule has 0 spiro atoms. The largest absolute Gasteiger partial charge is 0.384 e. The van der Waals surface area contributed by atoms with Crippen LogP contribution in [-0.4, -0.2) is 17.4 Å². The molecule has 4 heteroatoms. The van der Waals surface area contributed by atoms with Crippen molar-refractivity contribution in [3.05, 3.63) is 66.4 Å². The van der Waals surface area contributed by atoms with Crippen LogP contribution in [0.3, 0.4) is 0 Å². The van der Waals surface area contributed by atoms with Crippen molar-refractivity contribution in [1.82, 2.24) is 4.98 Å². The maximum atomic E-state index is 12.9. The van der Waals surface area contributed by atoms with Gasteiger partial charge in [-0.1, -0.05) is 56.0 Å². The lowest BCUT2D eigenvalue weighted by Crippen LogP contribution is -2.18. The number of nitrogens with zero attached hydrogens (tertiary/aromatic N) is 1. The molecule has 0 radical (unpaired) electrons. The standard InChI is InChI=1S/C24H27N3O/c28-24(27-20-15-19-11-5-7-13-22(19)26-17-20)21-12-6-8-14-23(21)25-16-18-9-3-1-2-4-10-18/h5-8,11-15,17-18,25H,1-4,9-10,16H2,(H,27,28). The van der Waals surface area contributed by atoms with Crippen LogP contribution in [0.25, 0.3) is 10.9 Å². The van der Waals surface area contributed by atoms with Crippen molar-refractivity contribution >= 4 is 28.2 Å². The lowest BCUT2D eigenvalue weighted by Gasteiger charge is -2.17. The lowest BCUT2D eigenvalue weighted by atomic mass is 10.00. The van der Waals surface area contributed by atoms with Crippen molar-refractivity contribution in [3.8, 4) is 0 Å². The van der Waals surface area contributed by atoms with E-state index < -0.39 is 0 Å².